The molecule has 0 aliphatic carbocycles. The predicted octanol–water partition coefficient (Wildman–Crippen LogP) is 4.40. The van der Waals surface area contributed by atoms with Crippen molar-refractivity contribution in [3.8, 4) is 0 Å². The van der Waals surface area contributed by atoms with Gasteiger partial charge in [0.1, 0.15) is 0 Å². The summed E-state index contributed by atoms with van der Waals surface area (Å²) < 4.78 is 4.84. The maximum absolute atomic E-state index is 10.6. The fourth-order valence-corrected chi connectivity index (χ4v) is 1.31. The zero-order valence-electron chi connectivity index (χ0n) is 10.2. The minimum atomic E-state index is -0.448. The van der Waals surface area contributed by atoms with Crippen molar-refractivity contribution >= 4 is 45.1 Å². The Labute approximate surface area is 121 Å². The van der Waals surface area contributed by atoms with E-state index in [2.05, 4.69) is 15.9 Å². The van der Waals surface area contributed by atoms with Gasteiger partial charge in [-0.2, -0.15) is 0 Å². The maximum Gasteiger partial charge on any atom is 0.302 e. The van der Waals surface area contributed by atoms with Crippen LogP contribution < -0.4 is 0 Å². The number of alkyl halides is 2. The monoisotopic (exact) mass is 342 g/mol. The summed E-state index contributed by atoms with van der Waals surface area (Å²) in [6.45, 7) is 5.52. The molecule has 0 amide bonds. The van der Waals surface area contributed by atoms with Gasteiger partial charge in [-0.25, -0.2) is 0 Å². The lowest BCUT2D eigenvalue weighted by atomic mass is 10.1. The summed E-state index contributed by atoms with van der Waals surface area (Å²) in [4.78, 5) is 10.1. The highest BCUT2D eigenvalue weighted by atomic mass is 79.9. The first-order valence-corrected chi connectivity index (χ1v) is 7.09. The first-order valence-electron chi connectivity index (χ1n) is 5.21. The van der Waals surface area contributed by atoms with Crippen LogP contribution in [-0.4, -0.2) is 22.8 Å². The van der Waals surface area contributed by atoms with E-state index in [9.17, 15) is 4.79 Å². The van der Waals surface area contributed by atoms with E-state index in [1.54, 1.807) is 6.08 Å². The summed E-state index contributed by atoms with van der Waals surface area (Å²) in [7, 11) is 0. The number of allylic oxidation sites excluding steroid dienone is 3. The lowest BCUT2D eigenvalue weighted by Crippen LogP contribution is -2.13. The van der Waals surface area contributed by atoms with E-state index in [0.717, 1.165) is 5.57 Å². The van der Waals surface area contributed by atoms with Crippen molar-refractivity contribution in [2.24, 2.45) is 0 Å². The van der Waals surface area contributed by atoms with Crippen LogP contribution in [0.5, 0.6) is 0 Å². The molecule has 2 nitrogen and oxygen atoms in total. The van der Waals surface area contributed by atoms with Crippen molar-refractivity contribution in [3.63, 3.8) is 0 Å². The van der Waals surface area contributed by atoms with E-state index in [0.29, 0.717) is 23.4 Å². The minimum absolute atomic E-state index is 0.280. The Hall–Kier alpha value is 0.01000. The zero-order valence-corrected chi connectivity index (χ0v) is 13.3. The third kappa shape index (κ3) is 8.70. The Balaban J connectivity index is 4.35. The number of carbonyl (C=O) groups excluding carboxylic acids is 1. The molecule has 0 saturated carbocycles. The largest absolute Gasteiger partial charge is 0.466 e. The van der Waals surface area contributed by atoms with Gasteiger partial charge in [0.2, 0.25) is 0 Å². The Morgan fingerprint density at radius 2 is 2.06 bits per heavy atom. The van der Waals surface area contributed by atoms with Crippen LogP contribution in [0.15, 0.2) is 22.8 Å². The molecule has 0 radical (unpaired) electrons. The predicted molar refractivity (Wildman–Crippen MR) is 77.0 cm³/mol. The van der Waals surface area contributed by atoms with Gasteiger partial charge in [0.25, 0.3) is 0 Å². The van der Waals surface area contributed by atoms with Crippen molar-refractivity contribution in [2.45, 2.75) is 32.1 Å². The molecule has 0 fully saturated rings. The molecule has 0 spiro atoms. The van der Waals surface area contributed by atoms with Crippen LogP contribution in [0.1, 0.15) is 27.2 Å². The Kier molecular flexibility index (Phi) is 8.18. The first-order chi connectivity index (χ1) is 7.78. The molecule has 1 atom stereocenters. The van der Waals surface area contributed by atoms with E-state index in [-0.39, 0.29) is 5.97 Å². The van der Waals surface area contributed by atoms with Gasteiger partial charge >= 0.3 is 5.97 Å². The second kappa shape index (κ2) is 8.17. The molecule has 0 aromatic heterocycles. The van der Waals surface area contributed by atoms with Crippen molar-refractivity contribution in [1.29, 1.82) is 0 Å². The van der Waals surface area contributed by atoms with E-state index < -0.39 is 4.87 Å². The standard InChI is InChI=1S/C12H17BrCl2O2/c1-9(5-7-17-10(2)16)11(14)4-6-12(3,15)8-13/h4,6H,5,7-8H2,1-3H3/b6-4+,11-9-. The molecule has 0 N–H and O–H groups in total. The molecule has 0 aromatic carbocycles. The van der Waals surface area contributed by atoms with Gasteiger partial charge in [0.05, 0.1) is 11.5 Å². The quantitative estimate of drug-likeness (QED) is 0.406. The SMILES string of the molecule is CC(=O)OCC/C(C)=C(Cl)/C=C/C(C)(Cl)CBr. The lowest BCUT2D eigenvalue weighted by molar-refractivity contribution is -0.140. The molecule has 17 heavy (non-hydrogen) atoms. The van der Waals surface area contributed by atoms with Gasteiger partial charge in [-0.05, 0) is 19.9 Å². The van der Waals surface area contributed by atoms with Crippen molar-refractivity contribution in [2.75, 3.05) is 11.9 Å². The number of ether oxygens (including phenoxy) is 1. The Morgan fingerprint density at radius 1 is 1.47 bits per heavy atom. The average molecular weight is 344 g/mol. The van der Waals surface area contributed by atoms with Gasteiger partial charge in [0, 0.05) is 23.7 Å². The lowest BCUT2D eigenvalue weighted by Gasteiger charge is -2.12. The number of hydrogen-bond acceptors (Lipinski definition) is 2. The molecule has 5 heteroatoms. The Bertz CT molecular complexity index is 322. The average Bonchev–Trinajstić information content (AvgIpc) is 2.25. The molecule has 0 aromatic rings. The topological polar surface area (TPSA) is 26.3 Å². The van der Waals surface area contributed by atoms with Crippen LogP contribution in [0.2, 0.25) is 0 Å². The smallest absolute Gasteiger partial charge is 0.302 e. The number of rotatable bonds is 6. The fourth-order valence-electron chi connectivity index (χ4n) is 0.901. The highest BCUT2D eigenvalue weighted by Gasteiger charge is 2.14. The summed E-state index contributed by atoms with van der Waals surface area (Å²) in [5.41, 5.74) is 0.964. The summed E-state index contributed by atoms with van der Waals surface area (Å²) in [6.07, 6.45) is 4.23. The summed E-state index contributed by atoms with van der Waals surface area (Å²) in [5.74, 6) is -0.280. The van der Waals surface area contributed by atoms with Gasteiger partial charge in [0.15, 0.2) is 0 Å². The maximum atomic E-state index is 10.6. The molecular weight excluding hydrogens is 327 g/mol. The van der Waals surface area contributed by atoms with Crippen LogP contribution >= 0.6 is 39.1 Å². The van der Waals surface area contributed by atoms with Gasteiger partial charge in [-0.15, -0.1) is 11.6 Å². The number of halogens is 3. The summed E-state index contributed by atoms with van der Waals surface area (Å²) in [6, 6.07) is 0. The van der Waals surface area contributed by atoms with Crippen LogP contribution in [0.25, 0.3) is 0 Å². The fraction of sp³-hybridized carbons (Fsp3) is 0.583. The van der Waals surface area contributed by atoms with Gasteiger partial charge < -0.3 is 4.74 Å². The van der Waals surface area contributed by atoms with Crippen molar-refractivity contribution in [3.05, 3.63) is 22.8 Å². The highest BCUT2D eigenvalue weighted by molar-refractivity contribution is 9.09. The van der Waals surface area contributed by atoms with E-state index in [4.69, 9.17) is 27.9 Å². The molecule has 0 bridgehead atoms. The van der Waals surface area contributed by atoms with Crippen molar-refractivity contribution < 1.29 is 9.53 Å². The number of carbonyl (C=O) groups is 1. The molecule has 0 aliphatic heterocycles. The summed E-state index contributed by atoms with van der Waals surface area (Å²) in [5, 5.41) is 1.28. The molecule has 98 valence electrons. The minimum Gasteiger partial charge on any atom is -0.466 e. The molecule has 0 rings (SSSR count). The highest BCUT2D eigenvalue weighted by Crippen LogP contribution is 2.22. The Morgan fingerprint density at radius 3 is 2.53 bits per heavy atom. The first kappa shape index (κ1) is 17.0. The van der Waals surface area contributed by atoms with Crippen LogP contribution in [0.3, 0.4) is 0 Å². The van der Waals surface area contributed by atoms with E-state index >= 15 is 0 Å². The normalized spacial score (nSPS) is 16.6. The van der Waals surface area contributed by atoms with Gasteiger partial charge in [-0.3, -0.25) is 4.79 Å². The van der Waals surface area contributed by atoms with E-state index in [1.165, 1.54) is 6.92 Å². The van der Waals surface area contributed by atoms with Crippen molar-refractivity contribution in [1.82, 2.24) is 0 Å². The third-order valence-corrected chi connectivity index (χ3v) is 4.22. The number of hydrogen-bond donors (Lipinski definition) is 0. The summed E-state index contributed by atoms with van der Waals surface area (Å²) >= 11 is 15.5. The number of esters is 1. The second-order valence-corrected chi connectivity index (χ2v) is 5.79. The molecule has 1 unspecified atom stereocenters. The van der Waals surface area contributed by atoms with Gasteiger partial charge in [-0.1, -0.05) is 39.2 Å². The third-order valence-electron chi connectivity index (χ3n) is 2.03. The molecular formula is C12H17BrCl2O2. The molecule has 0 heterocycles. The van der Waals surface area contributed by atoms with E-state index in [1.807, 2.05) is 19.9 Å². The van der Waals surface area contributed by atoms with Crippen LogP contribution in [0, 0.1) is 0 Å². The molecule has 0 saturated heterocycles. The zero-order chi connectivity index (χ0) is 13.5. The van der Waals surface area contributed by atoms with Crippen LogP contribution in [0.4, 0.5) is 0 Å². The van der Waals surface area contributed by atoms with Crippen LogP contribution in [-0.2, 0) is 9.53 Å². The second-order valence-electron chi connectivity index (χ2n) is 3.96. The molecule has 0 aliphatic rings.